The molecule has 1 N–H and O–H groups in total. The standard InChI is InChI=1S/C12H21NO2/c1-2-13(7-8-14)12(15)11-9-5-3-4-6-10(9)11/h9-11,14H,2-8H2,1H3. The molecule has 0 heterocycles. The Kier molecular flexibility index (Phi) is 3.29. The van der Waals surface area contributed by atoms with Crippen molar-refractivity contribution in [3.8, 4) is 0 Å². The maximum atomic E-state index is 12.1. The second-order valence-electron chi connectivity index (χ2n) is 4.78. The molecule has 2 aliphatic rings. The summed E-state index contributed by atoms with van der Waals surface area (Å²) >= 11 is 0. The van der Waals surface area contributed by atoms with E-state index in [2.05, 4.69) is 0 Å². The molecule has 0 saturated heterocycles. The predicted molar refractivity (Wildman–Crippen MR) is 58.3 cm³/mol. The Morgan fingerprint density at radius 3 is 2.40 bits per heavy atom. The van der Waals surface area contributed by atoms with Crippen LogP contribution in [0.25, 0.3) is 0 Å². The first-order chi connectivity index (χ1) is 7.29. The van der Waals surface area contributed by atoms with Crippen molar-refractivity contribution in [2.24, 2.45) is 17.8 Å². The zero-order chi connectivity index (χ0) is 10.8. The third-order valence-electron chi connectivity index (χ3n) is 4.00. The van der Waals surface area contributed by atoms with Crippen LogP contribution >= 0.6 is 0 Å². The summed E-state index contributed by atoms with van der Waals surface area (Å²) in [6.07, 6.45) is 5.10. The van der Waals surface area contributed by atoms with Crippen molar-refractivity contribution < 1.29 is 9.90 Å². The molecular formula is C12H21NO2. The molecule has 0 aliphatic heterocycles. The molecule has 1 amide bonds. The molecule has 2 unspecified atom stereocenters. The molecule has 0 spiro atoms. The highest BCUT2D eigenvalue weighted by atomic mass is 16.3. The molecule has 86 valence electrons. The maximum Gasteiger partial charge on any atom is 0.226 e. The Bertz CT molecular complexity index is 230. The van der Waals surface area contributed by atoms with Crippen LogP contribution in [0.4, 0.5) is 0 Å². The molecule has 3 nitrogen and oxygen atoms in total. The van der Waals surface area contributed by atoms with Gasteiger partial charge in [-0.15, -0.1) is 0 Å². The smallest absolute Gasteiger partial charge is 0.226 e. The van der Waals surface area contributed by atoms with Crippen LogP contribution < -0.4 is 0 Å². The summed E-state index contributed by atoms with van der Waals surface area (Å²) in [5.41, 5.74) is 0. The summed E-state index contributed by atoms with van der Waals surface area (Å²) in [7, 11) is 0. The number of amides is 1. The lowest BCUT2D eigenvalue weighted by molar-refractivity contribution is -0.133. The van der Waals surface area contributed by atoms with Gasteiger partial charge in [-0.1, -0.05) is 12.8 Å². The van der Waals surface area contributed by atoms with E-state index in [0.29, 0.717) is 30.2 Å². The first-order valence-corrected chi connectivity index (χ1v) is 6.19. The van der Waals surface area contributed by atoms with Gasteiger partial charge in [-0.05, 0) is 31.6 Å². The van der Waals surface area contributed by atoms with Crippen molar-refractivity contribution >= 4 is 5.91 Å². The molecule has 2 atom stereocenters. The van der Waals surface area contributed by atoms with Gasteiger partial charge in [-0.25, -0.2) is 0 Å². The van der Waals surface area contributed by atoms with Gasteiger partial charge in [0.2, 0.25) is 5.91 Å². The number of carbonyl (C=O) groups is 1. The SMILES string of the molecule is CCN(CCO)C(=O)C1C2CCCCC21. The van der Waals surface area contributed by atoms with E-state index < -0.39 is 0 Å². The first-order valence-electron chi connectivity index (χ1n) is 6.19. The number of hydrogen-bond acceptors (Lipinski definition) is 2. The number of carbonyl (C=O) groups excluding carboxylic acids is 1. The number of aliphatic hydroxyl groups excluding tert-OH is 1. The van der Waals surface area contributed by atoms with Crippen LogP contribution in [0.3, 0.4) is 0 Å². The van der Waals surface area contributed by atoms with Gasteiger partial charge in [0, 0.05) is 19.0 Å². The Balaban J connectivity index is 1.90. The van der Waals surface area contributed by atoms with Crippen molar-refractivity contribution in [1.82, 2.24) is 4.90 Å². The number of nitrogens with zero attached hydrogens (tertiary/aromatic N) is 1. The zero-order valence-electron chi connectivity index (χ0n) is 9.48. The van der Waals surface area contributed by atoms with E-state index in [1.54, 1.807) is 0 Å². The Morgan fingerprint density at radius 1 is 1.33 bits per heavy atom. The van der Waals surface area contributed by atoms with Gasteiger partial charge >= 0.3 is 0 Å². The van der Waals surface area contributed by atoms with Crippen LogP contribution in [0.2, 0.25) is 0 Å². The van der Waals surface area contributed by atoms with Crippen LogP contribution in [-0.2, 0) is 4.79 Å². The fraction of sp³-hybridized carbons (Fsp3) is 0.917. The van der Waals surface area contributed by atoms with Crippen molar-refractivity contribution in [3.05, 3.63) is 0 Å². The minimum atomic E-state index is 0.0850. The van der Waals surface area contributed by atoms with Gasteiger partial charge in [0.1, 0.15) is 0 Å². The van der Waals surface area contributed by atoms with Gasteiger partial charge < -0.3 is 10.0 Å². The minimum Gasteiger partial charge on any atom is -0.395 e. The fourth-order valence-corrected chi connectivity index (χ4v) is 3.11. The van der Waals surface area contributed by atoms with E-state index in [-0.39, 0.29) is 6.61 Å². The molecule has 0 aromatic heterocycles. The molecule has 2 aliphatic carbocycles. The summed E-state index contributed by atoms with van der Waals surface area (Å²) in [5, 5.41) is 8.88. The second-order valence-corrected chi connectivity index (χ2v) is 4.78. The summed E-state index contributed by atoms with van der Waals surface area (Å²) < 4.78 is 0. The van der Waals surface area contributed by atoms with Gasteiger partial charge in [-0.2, -0.15) is 0 Å². The van der Waals surface area contributed by atoms with Crippen LogP contribution in [0, 0.1) is 17.8 Å². The molecule has 0 aromatic carbocycles. The lowest BCUT2D eigenvalue weighted by Crippen LogP contribution is -2.35. The molecule has 0 bridgehead atoms. The lowest BCUT2D eigenvalue weighted by Gasteiger charge is -2.19. The second kappa shape index (κ2) is 4.52. The molecule has 15 heavy (non-hydrogen) atoms. The predicted octanol–water partition coefficient (Wildman–Crippen LogP) is 1.26. The van der Waals surface area contributed by atoms with E-state index in [0.717, 1.165) is 6.54 Å². The van der Waals surface area contributed by atoms with E-state index in [9.17, 15) is 4.79 Å². The highest BCUT2D eigenvalue weighted by Crippen LogP contribution is 2.55. The molecule has 2 fully saturated rings. The van der Waals surface area contributed by atoms with Crippen molar-refractivity contribution in [2.45, 2.75) is 32.6 Å². The summed E-state index contributed by atoms with van der Waals surface area (Å²) in [6, 6.07) is 0. The average molecular weight is 211 g/mol. The average Bonchev–Trinajstić information content (AvgIpc) is 2.99. The normalized spacial score (nSPS) is 33.3. The van der Waals surface area contributed by atoms with Crippen molar-refractivity contribution in [1.29, 1.82) is 0 Å². The summed E-state index contributed by atoms with van der Waals surface area (Å²) in [4.78, 5) is 13.9. The number of fused-ring (bicyclic) bond motifs is 1. The first kappa shape index (κ1) is 10.9. The summed E-state index contributed by atoms with van der Waals surface area (Å²) in [6.45, 7) is 3.31. The largest absolute Gasteiger partial charge is 0.395 e. The number of rotatable bonds is 4. The zero-order valence-corrected chi connectivity index (χ0v) is 9.48. The number of aliphatic hydroxyl groups is 1. The Labute approximate surface area is 91.5 Å². The Hall–Kier alpha value is -0.570. The molecule has 0 aromatic rings. The highest BCUT2D eigenvalue weighted by Gasteiger charge is 2.55. The third kappa shape index (κ3) is 2.03. The van der Waals surface area contributed by atoms with E-state index >= 15 is 0 Å². The van der Waals surface area contributed by atoms with Crippen LogP contribution in [0.1, 0.15) is 32.6 Å². The Morgan fingerprint density at radius 2 is 1.93 bits per heavy atom. The van der Waals surface area contributed by atoms with Crippen molar-refractivity contribution in [2.75, 3.05) is 19.7 Å². The molecule has 2 rings (SSSR count). The third-order valence-corrected chi connectivity index (χ3v) is 4.00. The fourth-order valence-electron chi connectivity index (χ4n) is 3.11. The van der Waals surface area contributed by atoms with Gasteiger partial charge in [-0.3, -0.25) is 4.79 Å². The van der Waals surface area contributed by atoms with Gasteiger partial charge in [0.15, 0.2) is 0 Å². The van der Waals surface area contributed by atoms with Crippen molar-refractivity contribution in [3.63, 3.8) is 0 Å². The quantitative estimate of drug-likeness (QED) is 0.760. The molecule has 0 radical (unpaired) electrons. The van der Waals surface area contributed by atoms with Crippen LogP contribution in [0.5, 0.6) is 0 Å². The molecule has 2 saturated carbocycles. The van der Waals surface area contributed by atoms with Gasteiger partial charge in [0.25, 0.3) is 0 Å². The van der Waals surface area contributed by atoms with Crippen LogP contribution in [-0.4, -0.2) is 35.6 Å². The monoisotopic (exact) mass is 211 g/mol. The number of likely N-dealkylation sites (N-methyl/N-ethyl adjacent to an activating group) is 1. The summed E-state index contributed by atoms with van der Waals surface area (Å²) in [5.74, 6) is 1.96. The number of hydrogen-bond donors (Lipinski definition) is 1. The highest BCUT2D eigenvalue weighted by molar-refractivity contribution is 5.82. The van der Waals surface area contributed by atoms with E-state index in [1.807, 2.05) is 11.8 Å². The van der Waals surface area contributed by atoms with E-state index in [4.69, 9.17) is 5.11 Å². The van der Waals surface area contributed by atoms with Crippen LogP contribution in [0.15, 0.2) is 0 Å². The minimum absolute atomic E-state index is 0.0850. The topological polar surface area (TPSA) is 40.5 Å². The maximum absolute atomic E-state index is 12.1. The lowest BCUT2D eigenvalue weighted by atomic mass is 10.0. The van der Waals surface area contributed by atoms with E-state index in [1.165, 1.54) is 25.7 Å². The molecular weight excluding hydrogens is 190 g/mol. The molecule has 3 heteroatoms. The van der Waals surface area contributed by atoms with Gasteiger partial charge in [0.05, 0.1) is 6.61 Å².